The molecular formula is C20H33N5O2S. The minimum Gasteiger partial charge on any atom is -0.341 e. The summed E-state index contributed by atoms with van der Waals surface area (Å²) in [5.74, 6) is 1.35. The van der Waals surface area contributed by atoms with E-state index in [2.05, 4.69) is 14.8 Å². The first-order chi connectivity index (χ1) is 13.5. The molecule has 3 aliphatic heterocycles. The Labute approximate surface area is 169 Å². The highest BCUT2D eigenvalue weighted by molar-refractivity contribution is 7.88. The van der Waals surface area contributed by atoms with Gasteiger partial charge in [0, 0.05) is 38.4 Å². The lowest BCUT2D eigenvalue weighted by molar-refractivity contribution is 0.105. The maximum Gasteiger partial charge on any atom is 0.225 e. The van der Waals surface area contributed by atoms with E-state index in [1.54, 1.807) is 4.31 Å². The van der Waals surface area contributed by atoms with Crippen LogP contribution in [0.1, 0.15) is 50.6 Å². The van der Waals surface area contributed by atoms with Gasteiger partial charge in [0.05, 0.1) is 11.9 Å². The first kappa shape index (κ1) is 20.0. The van der Waals surface area contributed by atoms with Crippen LogP contribution in [0, 0.1) is 5.92 Å². The van der Waals surface area contributed by atoms with Crippen LogP contribution >= 0.6 is 0 Å². The number of likely N-dealkylation sites (tertiary alicyclic amines) is 1. The Morgan fingerprint density at radius 1 is 1.00 bits per heavy atom. The molecule has 1 aromatic heterocycles. The van der Waals surface area contributed by atoms with E-state index < -0.39 is 10.0 Å². The summed E-state index contributed by atoms with van der Waals surface area (Å²) in [6.07, 6.45) is 11.0. The lowest BCUT2D eigenvalue weighted by Crippen LogP contribution is -2.49. The molecule has 8 heteroatoms. The summed E-state index contributed by atoms with van der Waals surface area (Å²) in [7, 11) is -3.10. The first-order valence-electron chi connectivity index (χ1n) is 10.8. The van der Waals surface area contributed by atoms with Gasteiger partial charge in [0.2, 0.25) is 16.0 Å². The van der Waals surface area contributed by atoms with Crippen molar-refractivity contribution in [2.45, 2.75) is 57.5 Å². The number of anilines is 1. The van der Waals surface area contributed by atoms with Crippen LogP contribution in [0.5, 0.6) is 0 Å². The fraction of sp³-hybridized carbons (Fsp3) is 0.800. The SMILES string of the molecule is CS(=O)(=O)N1CCCCC1C1CCN(Cc2ccnc(N3CCCC3)n2)CC1. The van der Waals surface area contributed by atoms with Crippen molar-refractivity contribution in [3.63, 3.8) is 0 Å². The van der Waals surface area contributed by atoms with Gasteiger partial charge in [-0.05, 0) is 63.6 Å². The van der Waals surface area contributed by atoms with Gasteiger partial charge in [0.25, 0.3) is 0 Å². The molecule has 28 heavy (non-hydrogen) atoms. The average Bonchev–Trinajstić information content (AvgIpc) is 3.23. The highest BCUT2D eigenvalue weighted by Gasteiger charge is 2.36. The van der Waals surface area contributed by atoms with Crippen molar-refractivity contribution < 1.29 is 8.42 Å². The number of rotatable bonds is 5. The zero-order chi connectivity index (χ0) is 19.6. The molecular weight excluding hydrogens is 374 g/mol. The molecule has 4 heterocycles. The fourth-order valence-electron chi connectivity index (χ4n) is 5.08. The van der Waals surface area contributed by atoms with Crippen molar-refractivity contribution in [3.05, 3.63) is 18.0 Å². The van der Waals surface area contributed by atoms with Crippen molar-refractivity contribution in [2.24, 2.45) is 5.92 Å². The molecule has 0 aliphatic carbocycles. The average molecular weight is 408 g/mol. The smallest absolute Gasteiger partial charge is 0.225 e. The van der Waals surface area contributed by atoms with E-state index in [0.29, 0.717) is 12.5 Å². The molecule has 3 fully saturated rings. The predicted molar refractivity (Wildman–Crippen MR) is 111 cm³/mol. The summed E-state index contributed by atoms with van der Waals surface area (Å²) in [6.45, 7) is 5.71. The molecule has 1 atom stereocenters. The number of aromatic nitrogens is 2. The Morgan fingerprint density at radius 2 is 1.71 bits per heavy atom. The lowest BCUT2D eigenvalue weighted by atomic mass is 9.85. The molecule has 4 rings (SSSR count). The Kier molecular flexibility index (Phi) is 6.18. The molecule has 0 spiro atoms. The standard InChI is InChI=1S/C20H33N5O2S/c1-28(26,27)25-13-3-2-6-19(25)17-8-14-23(15-9-17)16-18-7-10-21-20(22-18)24-11-4-5-12-24/h7,10,17,19H,2-6,8-9,11-16H2,1H3. The van der Waals surface area contributed by atoms with E-state index in [9.17, 15) is 8.42 Å². The van der Waals surface area contributed by atoms with Gasteiger partial charge in [-0.25, -0.2) is 18.4 Å². The number of piperidine rings is 2. The van der Waals surface area contributed by atoms with Gasteiger partial charge in [-0.2, -0.15) is 4.31 Å². The molecule has 0 bridgehead atoms. The Hall–Kier alpha value is -1.25. The quantitative estimate of drug-likeness (QED) is 0.745. The summed E-state index contributed by atoms with van der Waals surface area (Å²) in [6, 6.07) is 2.23. The molecule has 7 nitrogen and oxygen atoms in total. The van der Waals surface area contributed by atoms with E-state index in [-0.39, 0.29) is 6.04 Å². The predicted octanol–water partition coefficient (Wildman–Crippen LogP) is 2.10. The maximum absolute atomic E-state index is 12.2. The normalized spacial score (nSPS) is 26.0. The van der Waals surface area contributed by atoms with E-state index in [1.165, 1.54) is 19.1 Å². The summed E-state index contributed by atoms with van der Waals surface area (Å²) < 4.78 is 26.1. The second kappa shape index (κ2) is 8.63. The van der Waals surface area contributed by atoms with Crippen molar-refractivity contribution in [2.75, 3.05) is 43.9 Å². The third-order valence-electron chi connectivity index (χ3n) is 6.58. The molecule has 156 valence electrons. The Bertz CT molecular complexity index is 758. The van der Waals surface area contributed by atoms with Crippen LogP contribution < -0.4 is 4.90 Å². The topological polar surface area (TPSA) is 69.6 Å². The second-order valence-corrected chi connectivity index (χ2v) is 10.5. The number of sulfonamides is 1. The maximum atomic E-state index is 12.2. The summed E-state index contributed by atoms with van der Waals surface area (Å²) >= 11 is 0. The molecule has 3 saturated heterocycles. The minimum atomic E-state index is -3.10. The molecule has 1 aromatic rings. The van der Waals surface area contributed by atoms with Crippen LogP contribution in [-0.4, -0.2) is 72.6 Å². The van der Waals surface area contributed by atoms with E-state index >= 15 is 0 Å². The molecule has 0 N–H and O–H groups in total. The number of hydrogen-bond donors (Lipinski definition) is 0. The summed E-state index contributed by atoms with van der Waals surface area (Å²) in [5.41, 5.74) is 1.09. The zero-order valence-corrected chi connectivity index (χ0v) is 17.8. The fourth-order valence-corrected chi connectivity index (χ4v) is 6.31. The van der Waals surface area contributed by atoms with Crippen LogP contribution in [0.25, 0.3) is 0 Å². The minimum absolute atomic E-state index is 0.201. The molecule has 0 saturated carbocycles. The van der Waals surface area contributed by atoms with Crippen LogP contribution in [-0.2, 0) is 16.6 Å². The number of nitrogens with zero attached hydrogens (tertiary/aromatic N) is 5. The van der Waals surface area contributed by atoms with Gasteiger partial charge in [0.15, 0.2) is 0 Å². The van der Waals surface area contributed by atoms with Gasteiger partial charge in [-0.3, -0.25) is 4.90 Å². The highest BCUT2D eigenvalue weighted by atomic mass is 32.2. The van der Waals surface area contributed by atoms with Crippen molar-refractivity contribution in [3.8, 4) is 0 Å². The number of hydrogen-bond acceptors (Lipinski definition) is 6. The van der Waals surface area contributed by atoms with Crippen LogP contribution in [0.2, 0.25) is 0 Å². The van der Waals surface area contributed by atoms with E-state index in [0.717, 1.165) is 76.5 Å². The van der Waals surface area contributed by atoms with Crippen molar-refractivity contribution >= 4 is 16.0 Å². The van der Waals surface area contributed by atoms with E-state index in [4.69, 9.17) is 4.98 Å². The van der Waals surface area contributed by atoms with Gasteiger partial charge < -0.3 is 4.90 Å². The molecule has 0 amide bonds. The van der Waals surface area contributed by atoms with Gasteiger partial charge in [-0.1, -0.05) is 6.42 Å². The molecule has 1 unspecified atom stereocenters. The molecule has 0 aromatic carbocycles. The monoisotopic (exact) mass is 407 g/mol. The lowest BCUT2D eigenvalue weighted by Gasteiger charge is -2.42. The van der Waals surface area contributed by atoms with Crippen LogP contribution in [0.3, 0.4) is 0 Å². The van der Waals surface area contributed by atoms with Crippen molar-refractivity contribution in [1.29, 1.82) is 0 Å². The van der Waals surface area contributed by atoms with Crippen molar-refractivity contribution in [1.82, 2.24) is 19.2 Å². The summed E-state index contributed by atoms with van der Waals surface area (Å²) in [5, 5.41) is 0. The Morgan fingerprint density at radius 3 is 2.43 bits per heavy atom. The largest absolute Gasteiger partial charge is 0.341 e. The van der Waals surface area contributed by atoms with Gasteiger partial charge in [-0.15, -0.1) is 0 Å². The third-order valence-corrected chi connectivity index (χ3v) is 7.88. The zero-order valence-electron chi connectivity index (χ0n) is 17.0. The van der Waals surface area contributed by atoms with E-state index in [1.807, 2.05) is 12.3 Å². The van der Waals surface area contributed by atoms with Gasteiger partial charge in [0.1, 0.15) is 0 Å². The highest BCUT2D eigenvalue weighted by Crippen LogP contribution is 2.32. The third kappa shape index (κ3) is 4.66. The molecule has 0 radical (unpaired) electrons. The first-order valence-corrected chi connectivity index (χ1v) is 12.6. The van der Waals surface area contributed by atoms with Crippen LogP contribution in [0.4, 0.5) is 5.95 Å². The van der Waals surface area contributed by atoms with Gasteiger partial charge >= 0.3 is 0 Å². The van der Waals surface area contributed by atoms with Crippen LogP contribution in [0.15, 0.2) is 12.3 Å². The second-order valence-electron chi connectivity index (χ2n) is 8.59. The summed E-state index contributed by atoms with van der Waals surface area (Å²) in [4.78, 5) is 14.0. The molecule has 3 aliphatic rings. The Balaban J connectivity index is 1.33.